The largest absolute Gasteiger partial charge is 0.378 e. The number of nitrogens with zero attached hydrogens (tertiary/aromatic N) is 1. The van der Waals surface area contributed by atoms with Crippen molar-refractivity contribution in [3.05, 3.63) is 88.5 Å². The Morgan fingerprint density at radius 3 is 2.55 bits per heavy atom. The third-order valence-corrected chi connectivity index (χ3v) is 9.59. The molecule has 2 aromatic carbocycles. The Morgan fingerprint density at radius 2 is 1.82 bits per heavy atom. The lowest BCUT2D eigenvalue weighted by Crippen LogP contribution is -2.48. The third kappa shape index (κ3) is 4.13. The van der Waals surface area contributed by atoms with Crippen LogP contribution in [0.1, 0.15) is 62.7 Å². The number of benzene rings is 2. The van der Waals surface area contributed by atoms with Gasteiger partial charge in [0.05, 0.1) is 6.61 Å². The van der Waals surface area contributed by atoms with Gasteiger partial charge in [-0.2, -0.15) is 0 Å². The van der Waals surface area contributed by atoms with Crippen molar-refractivity contribution in [2.45, 2.75) is 57.2 Å². The van der Waals surface area contributed by atoms with E-state index in [1.54, 1.807) is 0 Å². The summed E-state index contributed by atoms with van der Waals surface area (Å²) in [5.74, 6) is 7.43. The number of rotatable bonds is 2. The molecule has 3 aliphatic carbocycles. The van der Waals surface area contributed by atoms with Gasteiger partial charge < -0.3 is 14.7 Å². The molecule has 0 bridgehead atoms. The van der Waals surface area contributed by atoms with E-state index in [-0.39, 0.29) is 17.9 Å². The Morgan fingerprint density at radius 1 is 1.05 bits per heavy atom. The van der Waals surface area contributed by atoms with Crippen molar-refractivity contribution in [3.8, 4) is 11.8 Å². The number of carbonyl (C=O) groups excluding carboxylic acids is 1. The molecule has 5 atom stereocenters. The molecule has 4 heteroatoms. The van der Waals surface area contributed by atoms with Crippen molar-refractivity contribution in [1.82, 2.24) is 0 Å². The van der Waals surface area contributed by atoms with Crippen LogP contribution < -0.4 is 4.90 Å². The van der Waals surface area contributed by atoms with Gasteiger partial charge in [-0.3, -0.25) is 4.79 Å². The lowest BCUT2D eigenvalue weighted by molar-refractivity contribution is -0.118. The van der Waals surface area contributed by atoms with Crippen molar-refractivity contribution in [3.63, 3.8) is 0 Å². The summed E-state index contributed by atoms with van der Waals surface area (Å²) < 4.78 is 6.89. The van der Waals surface area contributed by atoms with Crippen LogP contribution in [0.15, 0.2) is 77.4 Å². The highest BCUT2D eigenvalue weighted by molar-refractivity contribution is 5.84. The number of hydrogen-bond acceptors (Lipinski definition) is 4. The summed E-state index contributed by atoms with van der Waals surface area (Å²) in [7, 11) is 4.10. The van der Waals surface area contributed by atoms with Gasteiger partial charge in [-0.05, 0) is 84.1 Å². The Kier molecular flexibility index (Phi) is 6.33. The Balaban J connectivity index is 1.44. The second-order valence-corrected chi connectivity index (χ2v) is 11.9. The Bertz CT molecular complexity index is 1360. The molecule has 1 N–H and O–H groups in total. The molecule has 4 aliphatic rings. The summed E-state index contributed by atoms with van der Waals surface area (Å²) in [5.41, 5.74) is 5.47. The molecule has 6 rings (SSSR count). The van der Waals surface area contributed by atoms with E-state index in [9.17, 15) is 9.90 Å². The molecule has 3 fully saturated rings. The summed E-state index contributed by atoms with van der Waals surface area (Å²) in [4.78, 5) is 14.5. The lowest BCUT2D eigenvalue weighted by atomic mass is 9.62. The first-order valence-electron chi connectivity index (χ1n) is 13.9. The van der Waals surface area contributed by atoms with Crippen LogP contribution in [0.3, 0.4) is 0 Å². The van der Waals surface area contributed by atoms with Gasteiger partial charge in [0.1, 0.15) is 17.5 Å². The highest BCUT2D eigenvalue weighted by Crippen LogP contribution is 2.61. The Labute approximate surface area is 226 Å². The number of ether oxygens (including phenoxy) is 1. The highest BCUT2D eigenvalue weighted by atomic mass is 16.5. The minimum atomic E-state index is -1.13. The summed E-state index contributed by atoms with van der Waals surface area (Å²) in [6.45, 7) is 2.63. The second-order valence-electron chi connectivity index (χ2n) is 11.9. The molecule has 1 saturated heterocycles. The summed E-state index contributed by atoms with van der Waals surface area (Å²) >= 11 is 0. The molecule has 1 heterocycles. The topological polar surface area (TPSA) is 49.8 Å². The molecular weight excluding hydrogens is 470 g/mol. The lowest BCUT2D eigenvalue weighted by Gasteiger charge is -2.42. The maximum Gasteiger partial charge on any atom is 0.137 e. The average molecular weight is 508 g/mol. The van der Waals surface area contributed by atoms with E-state index in [0.717, 1.165) is 36.1 Å². The summed E-state index contributed by atoms with van der Waals surface area (Å²) in [6.07, 6.45) is 6.50. The van der Waals surface area contributed by atoms with Gasteiger partial charge in [-0.25, -0.2) is 0 Å². The first-order chi connectivity index (χ1) is 18.3. The molecule has 0 spiro atoms. The zero-order valence-electron chi connectivity index (χ0n) is 22.7. The fraction of sp³-hybridized carbons (Fsp3) is 0.441. The fourth-order valence-electron chi connectivity index (χ4n) is 7.33. The van der Waals surface area contributed by atoms with Crippen LogP contribution in [0.2, 0.25) is 0 Å². The van der Waals surface area contributed by atoms with Crippen LogP contribution >= 0.6 is 0 Å². The molecule has 0 radical (unpaired) electrons. The van der Waals surface area contributed by atoms with Crippen molar-refractivity contribution in [1.29, 1.82) is 0 Å². The van der Waals surface area contributed by atoms with Crippen molar-refractivity contribution in [2.24, 2.45) is 17.3 Å². The standard InChI is InChI=1S/C34H37NO3/c1-33-22-38-32(24-9-12-26(13-10-24)35(2)3)31-28-16-14-27(36)21-25(28)11-15-29(31)30(33)18-20-34(33,37)19-17-23-7-5-4-6-8-23/h4-13,29-30,32,37H,14-16,18,20-22H2,1-3H3/t29?,30?,32-,33+,34+/m1/s1. The number of aliphatic hydroxyl groups is 1. The maximum atomic E-state index is 12.4. The molecular formula is C34H37NO3. The van der Waals surface area contributed by atoms with Gasteiger partial charge in [0.15, 0.2) is 0 Å². The molecule has 196 valence electrons. The predicted octanol–water partition coefficient (Wildman–Crippen LogP) is 6.02. The highest BCUT2D eigenvalue weighted by Gasteiger charge is 2.61. The number of allylic oxidation sites excluding steroid dienone is 3. The number of hydrogen-bond donors (Lipinski definition) is 1. The van der Waals surface area contributed by atoms with Gasteiger partial charge in [-0.15, -0.1) is 0 Å². The van der Waals surface area contributed by atoms with Gasteiger partial charge in [-0.1, -0.05) is 55.2 Å². The SMILES string of the molecule is CN(C)c1ccc([C@H]2OC[C@@]3(C)C(CC[C@@]3(O)C#Cc3ccccc3)C3CC=C4CC(=O)CCC4=C32)cc1. The molecule has 0 aromatic heterocycles. The minimum Gasteiger partial charge on any atom is -0.378 e. The zero-order chi connectivity index (χ0) is 26.5. The van der Waals surface area contributed by atoms with E-state index in [0.29, 0.717) is 31.7 Å². The Hall–Kier alpha value is -3.13. The monoisotopic (exact) mass is 507 g/mol. The average Bonchev–Trinajstić information content (AvgIpc) is 3.09. The van der Waals surface area contributed by atoms with E-state index in [1.165, 1.54) is 16.7 Å². The molecule has 2 aromatic rings. The van der Waals surface area contributed by atoms with Crippen molar-refractivity contribution < 1.29 is 14.6 Å². The zero-order valence-corrected chi connectivity index (χ0v) is 22.7. The first-order valence-corrected chi connectivity index (χ1v) is 13.9. The van der Waals surface area contributed by atoms with Crippen molar-refractivity contribution >= 4 is 11.5 Å². The van der Waals surface area contributed by atoms with E-state index >= 15 is 0 Å². The minimum absolute atomic E-state index is 0.183. The smallest absolute Gasteiger partial charge is 0.137 e. The van der Waals surface area contributed by atoms with Crippen LogP contribution in [0.25, 0.3) is 0 Å². The van der Waals surface area contributed by atoms with E-state index < -0.39 is 11.0 Å². The first kappa shape index (κ1) is 25.2. The normalized spacial score (nSPS) is 32.3. The maximum absolute atomic E-state index is 12.4. The fourth-order valence-corrected chi connectivity index (χ4v) is 7.33. The molecule has 1 aliphatic heterocycles. The molecule has 38 heavy (non-hydrogen) atoms. The van der Waals surface area contributed by atoms with Crippen LogP contribution in [-0.2, 0) is 9.53 Å². The van der Waals surface area contributed by atoms with Crippen molar-refractivity contribution in [2.75, 3.05) is 25.6 Å². The third-order valence-electron chi connectivity index (χ3n) is 9.59. The predicted molar refractivity (Wildman–Crippen MR) is 151 cm³/mol. The number of ketones is 1. The van der Waals surface area contributed by atoms with E-state index in [2.05, 4.69) is 54.0 Å². The van der Waals surface area contributed by atoms with Gasteiger partial charge in [0.25, 0.3) is 0 Å². The van der Waals surface area contributed by atoms with Crippen LogP contribution in [-0.4, -0.2) is 37.2 Å². The van der Waals surface area contributed by atoms with Crippen LogP contribution in [0.5, 0.6) is 0 Å². The van der Waals surface area contributed by atoms with Gasteiger partial charge in [0, 0.05) is 43.6 Å². The van der Waals surface area contributed by atoms with Gasteiger partial charge >= 0.3 is 0 Å². The molecule has 2 saturated carbocycles. The van der Waals surface area contributed by atoms with Crippen LogP contribution in [0.4, 0.5) is 5.69 Å². The second kappa shape index (κ2) is 9.56. The number of carbonyl (C=O) groups is 1. The molecule has 2 unspecified atom stereocenters. The molecule has 0 amide bonds. The summed E-state index contributed by atoms with van der Waals surface area (Å²) in [5, 5.41) is 12.1. The quantitative estimate of drug-likeness (QED) is 0.505. The van der Waals surface area contributed by atoms with E-state index in [1.807, 2.05) is 44.4 Å². The molecule has 4 nitrogen and oxygen atoms in total. The van der Waals surface area contributed by atoms with Crippen LogP contribution in [0, 0.1) is 29.1 Å². The van der Waals surface area contributed by atoms with E-state index in [4.69, 9.17) is 4.74 Å². The number of fused-ring (bicyclic) bond motifs is 4. The number of Topliss-reactive ketones (excluding diaryl/α,β-unsaturated/α-hetero) is 1. The van der Waals surface area contributed by atoms with Gasteiger partial charge in [0.2, 0.25) is 0 Å². The summed E-state index contributed by atoms with van der Waals surface area (Å²) in [6, 6.07) is 18.6. The number of anilines is 1.